The zero-order valence-corrected chi connectivity index (χ0v) is 13.8. The topological polar surface area (TPSA) is 64.8 Å². The van der Waals surface area contributed by atoms with Crippen LogP contribution in [0.25, 0.3) is 0 Å². The molecular formula is C16H21F3N2O3. The highest BCUT2D eigenvalue weighted by molar-refractivity contribution is 5.65. The van der Waals surface area contributed by atoms with E-state index >= 15 is 0 Å². The molecule has 0 radical (unpaired) electrons. The average molecular weight is 346 g/mol. The normalized spacial score (nSPS) is 20.8. The Bertz CT molecular complexity index is 605. The van der Waals surface area contributed by atoms with Crippen molar-refractivity contribution in [2.24, 2.45) is 5.73 Å². The quantitative estimate of drug-likeness (QED) is 0.832. The summed E-state index contributed by atoms with van der Waals surface area (Å²) in [6, 6.07) is 2.45. The smallest absolute Gasteiger partial charge is 0.430 e. The zero-order chi connectivity index (χ0) is 18.1. The highest BCUT2D eigenvalue weighted by Gasteiger charge is 2.37. The Hall–Kier alpha value is -1.96. The predicted octanol–water partition coefficient (Wildman–Crippen LogP) is 4.17. The molecular weight excluding hydrogens is 325 g/mol. The van der Waals surface area contributed by atoms with Crippen LogP contribution in [0.3, 0.4) is 0 Å². The lowest BCUT2D eigenvalue weighted by atomic mass is 9.90. The second-order valence-corrected chi connectivity index (χ2v) is 6.01. The third-order valence-electron chi connectivity index (χ3n) is 3.83. The molecule has 1 aromatic rings. The van der Waals surface area contributed by atoms with E-state index < -0.39 is 23.9 Å². The highest BCUT2D eigenvalue weighted by Crippen LogP contribution is 2.40. The van der Waals surface area contributed by atoms with Crippen LogP contribution in [0.2, 0.25) is 0 Å². The van der Waals surface area contributed by atoms with Gasteiger partial charge in [-0.2, -0.15) is 18.2 Å². The maximum absolute atomic E-state index is 12.9. The minimum atomic E-state index is -4.46. The Morgan fingerprint density at radius 2 is 2.08 bits per heavy atom. The number of carbonyl (C=O) groups excluding carboxylic acids is 1. The van der Waals surface area contributed by atoms with Crippen molar-refractivity contribution in [3.63, 3.8) is 0 Å². The summed E-state index contributed by atoms with van der Waals surface area (Å²) in [5.74, 6) is 0. The van der Waals surface area contributed by atoms with E-state index in [2.05, 4.69) is 0 Å². The summed E-state index contributed by atoms with van der Waals surface area (Å²) in [6.45, 7) is 5.24. The number of halogens is 3. The van der Waals surface area contributed by atoms with Crippen LogP contribution in [-0.2, 0) is 15.8 Å². The third kappa shape index (κ3) is 3.92. The number of ether oxygens (including phenoxy) is 1. The number of nitrogens with two attached hydrogens (primary N) is 1. The van der Waals surface area contributed by atoms with Gasteiger partial charge in [-0.25, -0.2) is 4.79 Å². The van der Waals surface area contributed by atoms with Crippen LogP contribution in [0.5, 0.6) is 0 Å². The van der Waals surface area contributed by atoms with Gasteiger partial charge in [0.1, 0.15) is 0 Å². The first-order chi connectivity index (χ1) is 11.1. The van der Waals surface area contributed by atoms with Gasteiger partial charge in [0.25, 0.3) is 0 Å². The average Bonchev–Trinajstić information content (AvgIpc) is 2.47. The summed E-state index contributed by atoms with van der Waals surface area (Å²) >= 11 is 0. The molecule has 0 fully saturated rings. The number of benzene rings is 1. The fourth-order valence-electron chi connectivity index (χ4n) is 2.69. The molecule has 2 N–H and O–H groups in total. The lowest BCUT2D eigenvalue weighted by molar-refractivity contribution is -0.137. The van der Waals surface area contributed by atoms with E-state index in [0.29, 0.717) is 24.1 Å². The standard InChI is InChI=1S/C16H21F3N2O3/c1-4-11-8-13(20)12-7-10(16(17,18)19)5-6-14(12)21(11)24-15(22)23-9(2)3/h5-7,9,11,13H,4,8,20H2,1-3H3/t11-,13+/m1/s1. The molecule has 5 nitrogen and oxygen atoms in total. The largest absolute Gasteiger partial charge is 0.533 e. The van der Waals surface area contributed by atoms with Crippen molar-refractivity contribution in [1.82, 2.24) is 0 Å². The Morgan fingerprint density at radius 3 is 2.62 bits per heavy atom. The summed E-state index contributed by atoms with van der Waals surface area (Å²) in [4.78, 5) is 17.0. The summed E-state index contributed by atoms with van der Waals surface area (Å²) in [5, 5.41) is 1.31. The van der Waals surface area contributed by atoms with Crippen molar-refractivity contribution >= 4 is 11.8 Å². The number of hydroxylamine groups is 1. The van der Waals surface area contributed by atoms with Gasteiger partial charge in [0.15, 0.2) is 0 Å². The molecule has 2 rings (SSSR count). The molecule has 2 atom stereocenters. The maximum Gasteiger partial charge on any atom is 0.533 e. The van der Waals surface area contributed by atoms with Gasteiger partial charge in [0.2, 0.25) is 0 Å². The van der Waals surface area contributed by atoms with Crippen LogP contribution in [0.15, 0.2) is 18.2 Å². The number of carbonyl (C=O) groups is 1. The fourth-order valence-corrected chi connectivity index (χ4v) is 2.69. The van der Waals surface area contributed by atoms with Gasteiger partial charge >= 0.3 is 12.3 Å². The minimum absolute atomic E-state index is 0.232. The van der Waals surface area contributed by atoms with E-state index in [-0.39, 0.29) is 12.1 Å². The second kappa shape index (κ2) is 6.88. The van der Waals surface area contributed by atoms with Crippen molar-refractivity contribution in [2.75, 3.05) is 5.06 Å². The van der Waals surface area contributed by atoms with Crippen LogP contribution < -0.4 is 10.8 Å². The van der Waals surface area contributed by atoms with E-state index in [1.165, 1.54) is 11.1 Å². The number of alkyl halides is 3. The van der Waals surface area contributed by atoms with Crippen LogP contribution >= 0.6 is 0 Å². The summed E-state index contributed by atoms with van der Waals surface area (Å²) < 4.78 is 43.7. The lowest BCUT2D eigenvalue weighted by Gasteiger charge is -2.38. The summed E-state index contributed by atoms with van der Waals surface area (Å²) in [7, 11) is 0. The van der Waals surface area contributed by atoms with E-state index in [1.54, 1.807) is 13.8 Å². The number of hydrogen-bond donors (Lipinski definition) is 1. The Labute approximate surface area is 138 Å². The van der Waals surface area contributed by atoms with Gasteiger partial charge in [-0.1, -0.05) is 6.92 Å². The molecule has 0 bridgehead atoms. The molecule has 0 aromatic heterocycles. The molecule has 0 amide bonds. The summed E-state index contributed by atoms with van der Waals surface area (Å²) in [5.41, 5.74) is 5.91. The zero-order valence-electron chi connectivity index (χ0n) is 13.8. The maximum atomic E-state index is 12.9. The molecule has 1 aliphatic rings. The SMILES string of the molecule is CC[C@@H]1C[C@H](N)c2cc(C(F)(F)F)ccc2N1OC(=O)OC(C)C. The van der Waals surface area contributed by atoms with E-state index in [0.717, 1.165) is 12.1 Å². The molecule has 1 aliphatic heterocycles. The van der Waals surface area contributed by atoms with E-state index in [1.807, 2.05) is 6.92 Å². The monoisotopic (exact) mass is 346 g/mol. The van der Waals surface area contributed by atoms with Crippen molar-refractivity contribution in [3.05, 3.63) is 29.3 Å². The van der Waals surface area contributed by atoms with Crippen LogP contribution in [0.4, 0.5) is 23.7 Å². The first-order valence-electron chi connectivity index (χ1n) is 7.78. The fraction of sp³-hybridized carbons (Fsp3) is 0.562. The van der Waals surface area contributed by atoms with Gasteiger partial charge in [-0.05, 0) is 50.5 Å². The highest BCUT2D eigenvalue weighted by atomic mass is 19.4. The first-order valence-corrected chi connectivity index (χ1v) is 7.78. The summed E-state index contributed by atoms with van der Waals surface area (Å²) in [6.07, 6.45) is -4.73. The Morgan fingerprint density at radius 1 is 1.42 bits per heavy atom. The van der Waals surface area contributed by atoms with Gasteiger partial charge < -0.3 is 15.3 Å². The Kier molecular flexibility index (Phi) is 5.27. The van der Waals surface area contributed by atoms with Crippen LogP contribution in [-0.4, -0.2) is 18.3 Å². The molecule has 0 unspecified atom stereocenters. The van der Waals surface area contributed by atoms with Gasteiger partial charge in [0.05, 0.1) is 23.4 Å². The molecule has 0 saturated heterocycles. The first kappa shape index (κ1) is 18.4. The second-order valence-electron chi connectivity index (χ2n) is 6.01. The number of nitrogens with zero attached hydrogens (tertiary/aromatic N) is 1. The number of hydrogen-bond acceptors (Lipinski definition) is 5. The number of rotatable bonds is 3. The van der Waals surface area contributed by atoms with Gasteiger partial charge in [-0.3, -0.25) is 0 Å². The molecule has 24 heavy (non-hydrogen) atoms. The van der Waals surface area contributed by atoms with Crippen molar-refractivity contribution in [1.29, 1.82) is 0 Å². The van der Waals surface area contributed by atoms with Gasteiger partial charge in [0, 0.05) is 6.04 Å². The minimum Gasteiger partial charge on any atom is -0.430 e. The van der Waals surface area contributed by atoms with Crippen LogP contribution in [0.1, 0.15) is 50.8 Å². The molecule has 1 aromatic carbocycles. The van der Waals surface area contributed by atoms with E-state index in [4.69, 9.17) is 15.3 Å². The van der Waals surface area contributed by atoms with E-state index in [9.17, 15) is 18.0 Å². The van der Waals surface area contributed by atoms with Crippen molar-refractivity contribution in [2.45, 2.75) is 58.0 Å². The third-order valence-corrected chi connectivity index (χ3v) is 3.83. The van der Waals surface area contributed by atoms with Crippen LogP contribution in [0, 0.1) is 0 Å². The van der Waals surface area contributed by atoms with Crippen molar-refractivity contribution < 1.29 is 27.5 Å². The molecule has 1 heterocycles. The molecule has 0 saturated carbocycles. The predicted molar refractivity (Wildman–Crippen MR) is 82.2 cm³/mol. The molecule has 134 valence electrons. The molecule has 0 spiro atoms. The van der Waals surface area contributed by atoms with Gasteiger partial charge in [-0.15, -0.1) is 0 Å². The lowest BCUT2D eigenvalue weighted by Crippen LogP contribution is -2.43. The molecule has 8 heteroatoms. The molecule has 0 aliphatic carbocycles. The Balaban J connectivity index is 2.37. The number of fused-ring (bicyclic) bond motifs is 1. The van der Waals surface area contributed by atoms with Crippen molar-refractivity contribution in [3.8, 4) is 0 Å². The number of anilines is 1.